The number of carbonyl (C=O) groups is 4. The highest BCUT2D eigenvalue weighted by atomic mass is 16.4. The Morgan fingerprint density at radius 2 is 1.43 bits per heavy atom. The van der Waals surface area contributed by atoms with Gasteiger partial charge in [-0.1, -0.05) is 13.8 Å². The SMILES string of the molecule is CC(C)C[C@H](N)C(=O)N[C@@H](Cc1cnc[nH]1)C(=O)N[C@@H](CCCN=C(N)N)C(=O)N[C@@H](Cc1cnc[nH]1)C(=O)O. The van der Waals surface area contributed by atoms with Crippen molar-refractivity contribution in [3.63, 3.8) is 0 Å². The predicted molar refractivity (Wildman–Crippen MR) is 145 cm³/mol. The molecule has 16 heteroatoms. The fraction of sp³-hybridized carbons (Fsp3) is 0.542. The second kappa shape index (κ2) is 15.8. The molecule has 4 atom stereocenters. The Balaban J connectivity index is 2.21. The van der Waals surface area contributed by atoms with Gasteiger partial charge in [-0.3, -0.25) is 19.4 Å². The summed E-state index contributed by atoms with van der Waals surface area (Å²) >= 11 is 0. The number of carboxylic acid groups (broad SMARTS) is 1. The van der Waals surface area contributed by atoms with Gasteiger partial charge >= 0.3 is 5.97 Å². The largest absolute Gasteiger partial charge is 0.480 e. The van der Waals surface area contributed by atoms with Crippen LogP contribution in [0.1, 0.15) is 44.5 Å². The molecule has 12 N–H and O–H groups in total. The molecular weight excluding hydrogens is 522 g/mol. The maximum absolute atomic E-state index is 13.4. The molecule has 0 radical (unpaired) electrons. The standard InChI is InChI=1S/C24H39N11O5/c1-13(2)6-16(25)20(36)34-18(7-14-9-28-11-31-14)22(38)33-17(4-3-5-30-24(26)27)21(37)35-19(23(39)40)8-15-10-29-12-32-15/h9-13,16-19H,3-8,25H2,1-2H3,(H,28,31)(H,29,32)(H,33,38)(H,34,36)(H,35,37)(H,39,40)(H4,26,27,30)/t16-,17-,18-,19-/m0/s1. The number of imidazole rings is 2. The third-order valence-electron chi connectivity index (χ3n) is 5.85. The molecule has 3 amide bonds. The number of rotatable bonds is 17. The van der Waals surface area contributed by atoms with E-state index in [1.165, 1.54) is 25.0 Å². The quantitative estimate of drug-likeness (QED) is 0.0575. The summed E-state index contributed by atoms with van der Waals surface area (Å²) < 4.78 is 0. The molecular formula is C24H39N11O5. The zero-order valence-electron chi connectivity index (χ0n) is 22.6. The van der Waals surface area contributed by atoms with Crippen molar-refractivity contribution in [1.29, 1.82) is 0 Å². The van der Waals surface area contributed by atoms with Crippen LogP contribution in [-0.2, 0) is 32.0 Å². The smallest absolute Gasteiger partial charge is 0.326 e. The normalized spacial score (nSPS) is 14.0. The first-order valence-corrected chi connectivity index (χ1v) is 12.9. The molecule has 40 heavy (non-hydrogen) atoms. The molecule has 0 unspecified atom stereocenters. The van der Waals surface area contributed by atoms with Gasteiger partial charge in [-0.25, -0.2) is 14.8 Å². The number of nitrogens with zero attached hydrogens (tertiary/aromatic N) is 3. The van der Waals surface area contributed by atoms with Gasteiger partial charge in [-0.05, 0) is 25.2 Å². The van der Waals surface area contributed by atoms with Crippen LogP contribution in [0.5, 0.6) is 0 Å². The Hall–Kier alpha value is -4.47. The van der Waals surface area contributed by atoms with Crippen LogP contribution in [0, 0.1) is 5.92 Å². The van der Waals surface area contributed by atoms with Crippen molar-refractivity contribution >= 4 is 29.7 Å². The summed E-state index contributed by atoms with van der Waals surface area (Å²) in [5.74, 6) is -3.15. The number of hydrogen-bond acceptors (Lipinski definition) is 8. The van der Waals surface area contributed by atoms with E-state index in [0.29, 0.717) is 24.2 Å². The van der Waals surface area contributed by atoms with Gasteiger partial charge < -0.3 is 48.2 Å². The fourth-order valence-corrected chi connectivity index (χ4v) is 3.85. The number of H-pyrrole nitrogens is 2. The minimum absolute atomic E-state index is 0.0475. The van der Waals surface area contributed by atoms with Gasteiger partial charge in [-0.2, -0.15) is 0 Å². The number of hydrogen-bond donors (Lipinski definition) is 9. The first-order valence-electron chi connectivity index (χ1n) is 12.9. The summed E-state index contributed by atoms with van der Waals surface area (Å²) in [4.78, 5) is 68.6. The number of amides is 3. The van der Waals surface area contributed by atoms with Crippen LogP contribution in [0.15, 0.2) is 30.0 Å². The van der Waals surface area contributed by atoms with Crippen molar-refractivity contribution in [3.8, 4) is 0 Å². The Morgan fingerprint density at radius 3 is 1.93 bits per heavy atom. The average molecular weight is 562 g/mol. The molecule has 0 aromatic carbocycles. The number of aliphatic carboxylic acids is 1. The van der Waals surface area contributed by atoms with Gasteiger partial charge in [0.05, 0.1) is 18.7 Å². The van der Waals surface area contributed by atoms with Crippen molar-refractivity contribution in [1.82, 2.24) is 35.9 Å². The lowest BCUT2D eigenvalue weighted by molar-refractivity contribution is -0.142. The van der Waals surface area contributed by atoms with Crippen LogP contribution < -0.4 is 33.2 Å². The summed E-state index contributed by atoms with van der Waals surface area (Å²) in [6.45, 7) is 4.02. The van der Waals surface area contributed by atoms with Gasteiger partial charge in [0.15, 0.2) is 5.96 Å². The maximum atomic E-state index is 13.4. The second-order valence-corrected chi connectivity index (χ2v) is 9.77. The summed E-state index contributed by atoms with van der Waals surface area (Å²) in [6, 6.07) is -4.38. The lowest BCUT2D eigenvalue weighted by Crippen LogP contribution is -2.58. The second-order valence-electron chi connectivity index (χ2n) is 9.77. The lowest BCUT2D eigenvalue weighted by atomic mass is 10.0. The fourth-order valence-electron chi connectivity index (χ4n) is 3.85. The van der Waals surface area contributed by atoms with Crippen molar-refractivity contribution in [2.45, 2.75) is 70.1 Å². The number of aromatic amines is 2. The molecule has 220 valence electrons. The minimum Gasteiger partial charge on any atom is -0.480 e. The van der Waals surface area contributed by atoms with Crippen LogP contribution in [0.25, 0.3) is 0 Å². The van der Waals surface area contributed by atoms with Crippen LogP contribution in [0.3, 0.4) is 0 Å². The van der Waals surface area contributed by atoms with Crippen molar-refractivity contribution in [2.24, 2.45) is 28.1 Å². The molecule has 0 saturated carbocycles. The van der Waals surface area contributed by atoms with Crippen LogP contribution in [0.4, 0.5) is 0 Å². The number of nitrogens with one attached hydrogen (secondary N) is 5. The van der Waals surface area contributed by atoms with Gasteiger partial charge in [0.2, 0.25) is 17.7 Å². The zero-order valence-corrected chi connectivity index (χ0v) is 22.6. The van der Waals surface area contributed by atoms with Gasteiger partial charge in [0.1, 0.15) is 18.1 Å². The van der Waals surface area contributed by atoms with Crippen LogP contribution in [0.2, 0.25) is 0 Å². The summed E-state index contributed by atoms with van der Waals surface area (Å²) in [6.07, 6.45) is 6.57. The van der Waals surface area contributed by atoms with E-state index >= 15 is 0 Å². The first-order chi connectivity index (χ1) is 19.0. The highest BCUT2D eigenvalue weighted by Gasteiger charge is 2.31. The third-order valence-corrected chi connectivity index (χ3v) is 5.85. The molecule has 0 fully saturated rings. The number of aromatic nitrogens is 4. The molecule has 2 aromatic heterocycles. The molecule has 2 aromatic rings. The predicted octanol–water partition coefficient (Wildman–Crippen LogP) is -2.12. The Kier molecular flexibility index (Phi) is 12.6. The zero-order chi connectivity index (χ0) is 29.7. The molecule has 0 spiro atoms. The molecule has 2 rings (SSSR count). The van der Waals surface area contributed by atoms with E-state index in [9.17, 15) is 24.3 Å². The van der Waals surface area contributed by atoms with E-state index < -0.39 is 47.9 Å². The van der Waals surface area contributed by atoms with Gasteiger partial charge in [0, 0.05) is 43.2 Å². The average Bonchev–Trinajstić information content (AvgIpc) is 3.58. The Bertz CT molecular complexity index is 1110. The topological polar surface area (TPSA) is 272 Å². The van der Waals surface area contributed by atoms with E-state index in [0.717, 1.165) is 0 Å². The highest BCUT2D eigenvalue weighted by Crippen LogP contribution is 2.07. The summed E-state index contributed by atoms with van der Waals surface area (Å²) in [7, 11) is 0. The number of carboxylic acids is 1. The number of carbonyl (C=O) groups excluding carboxylic acids is 3. The van der Waals surface area contributed by atoms with Crippen LogP contribution in [-0.4, -0.2) is 85.4 Å². The van der Waals surface area contributed by atoms with E-state index in [1.807, 2.05) is 13.8 Å². The Morgan fingerprint density at radius 1 is 0.900 bits per heavy atom. The van der Waals surface area contributed by atoms with Crippen molar-refractivity contribution in [2.75, 3.05) is 6.54 Å². The maximum Gasteiger partial charge on any atom is 0.326 e. The molecule has 0 saturated heterocycles. The van der Waals surface area contributed by atoms with E-state index in [-0.39, 0.29) is 37.7 Å². The van der Waals surface area contributed by atoms with Gasteiger partial charge in [-0.15, -0.1) is 0 Å². The van der Waals surface area contributed by atoms with Gasteiger partial charge in [0.25, 0.3) is 0 Å². The summed E-state index contributed by atoms with van der Waals surface area (Å²) in [5.41, 5.74) is 17.8. The molecule has 0 aliphatic heterocycles. The molecule has 2 heterocycles. The minimum atomic E-state index is -1.29. The third kappa shape index (κ3) is 11.1. The lowest BCUT2D eigenvalue weighted by Gasteiger charge is -2.25. The monoisotopic (exact) mass is 561 g/mol. The number of nitrogens with two attached hydrogens (primary N) is 3. The highest BCUT2D eigenvalue weighted by molar-refractivity contribution is 5.94. The van der Waals surface area contributed by atoms with Crippen LogP contribution >= 0.6 is 0 Å². The van der Waals surface area contributed by atoms with E-state index in [2.05, 4.69) is 40.9 Å². The molecule has 16 nitrogen and oxygen atoms in total. The first kappa shape index (κ1) is 31.7. The number of aliphatic imine (C=N–C) groups is 1. The Labute approximate surface area is 231 Å². The molecule has 0 aliphatic rings. The van der Waals surface area contributed by atoms with E-state index in [4.69, 9.17) is 17.2 Å². The molecule has 0 aliphatic carbocycles. The van der Waals surface area contributed by atoms with E-state index in [1.54, 1.807) is 0 Å². The van der Waals surface area contributed by atoms with Crippen molar-refractivity contribution < 1.29 is 24.3 Å². The summed E-state index contributed by atoms with van der Waals surface area (Å²) in [5, 5.41) is 17.4. The number of guanidine groups is 1. The molecule has 0 bridgehead atoms. The van der Waals surface area contributed by atoms with Crippen molar-refractivity contribution in [3.05, 3.63) is 36.4 Å².